The Balaban J connectivity index is 0.00000133. The molecule has 0 aliphatic carbocycles. The molecular weight excluding hydrogens is 260 g/mol. The van der Waals surface area contributed by atoms with Crippen molar-refractivity contribution < 1.29 is 4.79 Å². The molecule has 0 saturated carbocycles. The van der Waals surface area contributed by atoms with Gasteiger partial charge >= 0.3 is 0 Å². The Morgan fingerprint density at radius 3 is 2.84 bits per heavy atom. The third kappa shape index (κ3) is 2.17. The summed E-state index contributed by atoms with van der Waals surface area (Å²) in [5, 5.41) is 1.21. The molecule has 4 heteroatoms. The minimum Gasteiger partial charge on any atom is -0.330 e. The first-order valence-corrected chi connectivity index (χ1v) is 6.58. The molecule has 0 saturated heterocycles. The van der Waals surface area contributed by atoms with Crippen LogP contribution < -0.4 is 5.73 Å². The van der Waals surface area contributed by atoms with Crippen LogP contribution in [0.1, 0.15) is 34.5 Å². The quantitative estimate of drug-likeness (QED) is 0.918. The van der Waals surface area contributed by atoms with E-state index in [4.69, 9.17) is 5.73 Å². The summed E-state index contributed by atoms with van der Waals surface area (Å²) in [6.45, 7) is 2.72. The molecule has 1 aliphatic heterocycles. The Morgan fingerprint density at radius 1 is 1.32 bits per heavy atom. The highest BCUT2D eigenvalue weighted by molar-refractivity contribution is 5.97. The van der Waals surface area contributed by atoms with Gasteiger partial charge in [0.15, 0.2) is 0 Å². The number of carbonyl (C=O) groups is 1. The minimum atomic E-state index is 0. The Morgan fingerprint density at radius 2 is 2.11 bits per heavy atom. The van der Waals surface area contributed by atoms with E-state index in [0.29, 0.717) is 13.0 Å². The van der Waals surface area contributed by atoms with Gasteiger partial charge in [-0.25, -0.2) is 0 Å². The van der Waals surface area contributed by atoms with Gasteiger partial charge in [-0.2, -0.15) is 0 Å². The number of carbonyl (C=O) groups excluding carboxylic acids is 1. The van der Waals surface area contributed by atoms with Gasteiger partial charge in [-0.3, -0.25) is 9.36 Å². The van der Waals surface area contributed by atoms with E-state index in [9.17, 15) is 4.79 Å². The van der Waals surface area contributed by atoms with Gasteiger partial charge in [0, 0.05) is 17.5 Å². The van der Waals surface area contributed by atoms with Gasteiger partial charge in [-0.05, 0) is 50.4 Å². The summed E-state index contributed by atoms with van der Waals surface area (Å²) in [5.41, 5.74) is 10.5. The lowest BCUT2D eigenvalue weighted by Crippen LogP contribution is -2.19. The zero-order chi connectivity index (χ0) is 12.7. The number of nitrogens with zero attached hydrogens (tertiary/aromatic N) is 1. The van der Waals surface area contributed by atoms with E-state index < -0.39 is 0 Å². The summed E-state index contributed by atoms with van der Waals surface area (Å²) >= 11 is 0. The molecule has 1 aromatic carbocycles. The average Bonchev–Trinajstić information content (AvgIpc) is 2.66. The number of fused-ring (bicyclic) bond motifs is 3. The number of aromatic nitrogens is 1. The van der Waals surface area contributed by atoms with Crippen LogP contribution in [0, 0.1) is 6.92 Å². The summed E-state index contributed by atoms with van der Waals surface area (Å²) in [7, 11) is 0. The zero-order valence-corrected chi connectivity index (χ0v) is 11.9. The van der Waals surface area contributed by atoms with E-state index in [1.165, 1.54) is 22.2 Å². The fourth-order valence-corrected chi connectivity index (χ4v) is 3.01. The predicted molar refractivity (Wildman–Crippen MR) is 80.2 cm³/mol. The third-order valence-electron chi connectivity index (χ3n) is 3.78. The Kier molecular flexibility index (Phi) is 3.97. The van der Waals surface area contributed by atoms with Crippen molar-refractivity contribution in [1.29, 1.82) is 0 Å². The fourth-order valence-electron chi connectivity index (χ4n) is 3.01. The maximum Gasteiger partial charge on any atom is 0.231 e. The van der Waals surface area contributed by atoms with E-state index in [2.05, 4.69) is 25.1 Å². The molecule has 0 amide bonds. The van der Waals surface area contributed by atoms with E-state index in [1.807, 2.05) is 4.57 Å². The first kappa shape index (κ1) is 14.1. The lowest BCUT2D eigenvalue weighted by molar-refractivity contribution is 0.0889. The van der Waals surface area contributed by atoms with Crippen LogP contribution >= 0.6 is 12.4 Å². The summed E-state index contributed by atoms with van der Waals surface area (Å²) in [5.74, 6) is 0.230. The molecule has 102 valence electrons. The van der Waals surface area contributed by atoms with Gasteiger partial charge in [-0.1, -0.05) is 11.6 Å². The van der Waals surface area contributed by atoms with Crippen LogP contribution in [0.3, 0.4) is 0 Å². The molecule has 3 nitrogen and oxygen atoms in total. The third-order valence-corrected chi connectivity index (χ3v) is 3.78. The summed E-state index contributed by atoms with van der Waals surface area (Å²) in [6.07, 6.45) is 3.47. The number of benzene rings is 1. The van der Waals surface area contributed by atoms with Crippen molar-refractivity contribution in [2.24, 2.45) is 5.73 Å². The van der Waals surface area contributed by atoms with Crippen molar-refractivity contribution in [1.82, 2.24) is 4.57 Å². The maximum atomic E-state index is 12.1. The first-order valence-electron chi connectivity index (χ1n) is 6.58. The fraction of sp³-hybridized carbons (Fsp3) is 0.400. The molecule has 1 aromatic heterocycles. The van der Waals surface area contributed by atoms with E-state index in [0.717, 1.165) is 24.8 Å². The summed E-state index contributed by atoms with van der Waals surface area (Å²) < 4.78 is 1.92. The smallest absolute Gasteiger partial charge is 0.231 e. The second-order valence-corrected chi connectivity index (χ2v) is 5.07. The molecule has 2 N–H and O–H groups in total. The van der Waals surface area contributed by atoms with Crippen LogP contribution in [-0.4, -0.2) is 17.0 Å². The highest BCUT2D eigenvalue weighted by Crippen LogP contribution is 2.31. The molecule has 0 spiro atoms. The van der Waals surface area contributed by atoms with Crippen molar-refractivity contribution in [3.63, 3.8) is 0 Å². The molecule has 2 aromatic rings. The van der Waals surface area contributed by atoms with Gasteiger partial charge in [-0.15, -0.1) is 12.4 Å². The van der Waals surface area contributed by atoms with Crippen LogP contribution in [0.25, 0.3) is 10.9 Å². The molecule has 19 heavy (non-hydrogen) atoms. The normalized spacial score (nSPS) is 14.3. The van der Waals surface area contributed by atoms with E-state index >= 15 is 0 Å². The standard InChI is InChI=1S/C15H18N2O.ClH/c1-10-5-6-14-12(9-10)11(7-8-16)13-3-2-4-15(18)17(13)14;/h5-6,9H,2-4,7-8,16H2,1H3;1H. The Labute approximate surface area is 119 Å². The van der Waals surface area contributed by atoms with Crippen molar-refractivity contribution in [2.75, 3.05) is 6.54 Å². The topological polar surface area (TPSA) is 48.0 Å². The number of hydrogen-bond donors (Lipinski definition) is 1. The maximum absolute atomic E-state index is 12.1. The second-order valence-electron chi connectivity index (χ2n) is 5.07. The first-order chi connectivity index (χ1) is 8.72. The van der Waals surface area contributed by atoms with Crippen molar-refractivity contribution in [2.45, 2.75) is 32.6 Å². The summed E-state index contributed by atoms with van der Waals surface area (Å²) in [6, 6.07) is 6.32. The van der Waals surface area contributed by atoms with Crippen LogP contribution in [-0.2, 0) is 12.8 Å². The van der Waals surface area contributed by atoms with Gasteiger partial charge in [0.25, 0.3) is 0 Å². The lowest BCUT2D eigenvalue weighted by Gasteiger charge is -2.15. The van der Waals surface area contributed by atoms with Crippen LogP contribution in [0.4, 0.5) is 0 Å². The number of nitrogens with two attached hydrogens (primary N) is 1. The number of rotatable bonds is 2. The van der Waals surface area contributed by atoms with Crippen molar-refractivity contribution in [3.05, 3.63) is 35.0 Å². The zero-order valence-electron chi connectivity index (χ0n) is 11.1. The van der Waals surface area contributed by atoms with E-state index in [-0.39, 0.29) is 18.3 Å². The van der Waals surface area contributed by atoms with Gasteiger partial charge in [0.1, 0.15) is 0 Å². The molecule has 1 aliphatic rings. The highest BCUT2D eigenvalue weighted by atomic mass is 35.5. The Bertz CT molecular complexity index is 631. The molecule has 0 atom stereocenters. The number of aryl methyl sites for hydroxylation is 1. The Hall–Kier alpha value is -1.32. The monoisotopic (exact) mass is 278 g/mol. The largest absolute Gasteiger partial charge is 0.330 e. The molecular formula is C15H19ClN2O. The average molecular weight is 279 g/mol. The van der Waals surface area contributed by atoms with Gasteiger partial charge in [0.2, 0.25) is 5.91 Å². The summed E-state index contributed by atoms with van der Waals surface area (Å²) in [4.78, 5) is 12.1. The SMILES string of the molecule is Cc1ccc2c(c1)c(CCN)c1n2C(=O)CCC1.Cl. The molecule has 0 radical (unpaired) electrons. The van der Waals surface area contributed by atoms with Crippen LogP contribution in [0.15, 0.2) is 18.2 Å². The minimum absolute atomic E-state index is 0. The molecule has 3 rings (SSSR count). The predicted octanol–water partition coefficient (Wildman–Crippen LogP) is 2.85. The molecule has 0 unspecified atom stereocenters. The number of halogens is 1. The number of hydrogen-bond acceptors (Lipinski definition) is 2. The van der Waals surface area contributed by atoms with Crippen molar-refractivity contribution >= 4 is 29.2 Å². The molecule has 0 fully saturated rings. The lowest BCUT2D eigenvalue weighted by atomic mass is 10.0. The highest BCUT2D eigenvalue weighted by Gasteiger charge is 2.23. The molecule has 2 heterocycles. The molecule has 0 bridgehead atoms. The van der Waals surface area contributed by atoms with Crippen LogP contribution in [0.5, 0.6) is 0 Å². The second kappa shape index (κ2) is 5.35. The van der Waals surface area contributed by atoms with E-state index in [1.54, 1.807) is 0 Å². The van der Waals surface area contributed by atoms with Crippen LogP contribution in [0.2, 0.25) is 0 Å². The van der Waals surface area contributed by atoms with Gasteiger partial charge < -0.3 is 5.73 Å². The van der Waals surface area contributed by atoms with Crippen molar-refractivity contribution in [3.8, 4) is 0 Å². The van der Waals surface area contributed by atoms with Gasteiger partial charge in [0.05, 0.1) is 5.52 Å².